The lowest BCUT2D eigenvalue weighted by molar-refractivity contribution is 0.491. The predicted octanol–water partition coefficient (Wildman–Crippen LogP) is 4.82. The summed E-state index contributed by atoms with van der Waals surface area (Å²) < 4.78 is 11.6. The monoisotopic (exact) mass is 248 g/mol. The fraction of sp³-hybridized carbons (Fsp3) is 0.429. The topological polar surface area (TPSA) is 22.4 Å². The Hall–Kier alpha value is -1.22. The first-order valence-corrected chi connectivity index (χ1v) is 8.87. The van der Waals surface area contributed by atoms with Gasteiger partial charge in [0.25, 0.3) is 0 Å². The highest BCUT2D eigenvalue weighted by Gasteiger charge is 2.38. The Kier molecular flexibility index (Phi) is 2.82. The van der Waals surface area contributed by atoms with Gasteiger partial charge in [-0.25, -0.2) is 0 Å². The zero-order valence-electron chi connectivity index (χ0n) is 11.2. The molecule has 0 radical (unpaired) electrons. The molecule has 3 heteroatoms. The molecule has 0 aliphatic heterocycles. The van der Waals surface area contributed by atoms with Crippen LogP contribution < -0.4 is 4.43 Å². The first-order valence-electron chi connectivity index (χ1n) is 5.96. The van der Waals surface area contributed by atoms with E-state index >= 15 is 0 Å². The molecule has 0 aliphatic rings. The summed E-state index contributed by atoms with van der Waals surface area (Å²) in [4.78, 5) is 0. The highest BCUT2D eigenvalue weighted by molar-refractivity contribution is 6.74. The lowest BCUT2D eigenvalue weighted by Gasteiger charge is -2.36. The summed E-state index contributed by atoms with van der Waals surface area (Å²) >= 11 is 0. The first kappa shape index (κ1) is 12.2. The van der Waals surface area contributed by atoms with Crippen LogP contribution in [-0.4, -0.2) is 8.32 Å². The van der Waals surface area contributed by atoms with Crippen LogP contribution in [0.15, 0.2) is 34.9 Å². The minimum atomic E-state index is -1.75. The van der Waals surface area contributed by atoms with Gasteiger partial charge in [0.2, 0.25) is 8.32 Å². The Morgan fingerprint density at radius 2 is 1.82 bits per heavy atom. The van der Waals surface area contributed by atoms with Crippen molar-refractivity contribution in [2.24, 2.45) is 0 Å². The molecule has 0 bridgehead atoms. The highest BCUT2D eigenvalue weighted by atomic mass is 28.4. The van der Waals surface area contributed by atoms with Crippen molar-refractivity contribution >= 4 is 19.3 Å². The van der Waals surface area contributed by atoms with Crippen LogP contribution in [0.25, 0.3) is 11.0 Å². The summed E-state index contributed by atoms with van der Waals surface area (Å²) in [6.07, 6.45) is 1.71. The van der Waals surface area contributed by atoms with E-state index in [1.807, 2.05) is 24.3 Å². The molecule has 0 atom stereocenters. The Balaban J connectivity index is 2.29. The molecule has 0 unspecified atom stereocenters. The number of hydrogen-bond donors (Lipinski definition) is 0. The van der Waals surface area contributed by atoms with Gasteiger partial charge in [-0.2, -0.15) is 0 Å². The third-order valence-corrected chi connectivity index (χ3v) is 7.97. The van der Waals surface area contributed by atoms with E-state index in [-0.39, 0.29) is 5.04 Å². The molecule has 17 heavy (non-hydrogen) atoms. The molecule has 0 aliphatic carbocycles. The second-order valence-corrected chi connectivity index (χ2v) is 10.7. The summed E-state index contributed by atoms with van der Waals surface area (Å²) in [6.45, 7) is 11.2. The van der Waals surface area contributed by atoms with Crippen molar-refractivity contribution in [3.05, 3.63) is 30.5 Å². The number of fused-ring (bicyclic) bond motifs is 1. The van der Waals surface area contributed by atoms with Gasteiger partial charge in [-0.3, -0.25) is 0 Å². The quantitative estimate of drug-likeness (QED) is 0.711. The van der Waals surface area contributed by atoms with Gasteiger partial charge in [-0.15, -0.1) is 0 Å². The van der Waals surface area contributed by atoms with Crippen LogP contribution in [0.5, 0.6) is 5.75 Å². The molecular formula is C14H20O2Si. The molecule has 0 saturated heterocycles. The zero-order valence-corrected chi connectivity index (χ0v) is 12.2. The third-order valence-electron chi connectivity index (χ3n) is 3.61. The normalized spacial score (nSPS) is 13.0. The van der Waals surface area contributed by atoms with Crippen LogP contribution in [0.2, 0.25) is 18.1 Å². The van der Waals surface area contributed by atoms with E-state index in [1.165, 1.54) is 0 Å². The first-order chi connectivity index (χ1) is 7.79. The van der Waals surface area contributed by atoms with Gasteiger partial charge in [-0.05, 0) is 36.3 Å². The Labute approximate surface area is 104 Å². The van der Waals surface area contributed by atoms with Gasteiger partial charge < -0.3 is 8.84 Å². The lowest BCUT2D eigenvalue weighted by Crippen LogP contribution is -2.43. The summed E-state index contributed by atoms with van der Waals surface area (Å²) in [5, 5.41) is 1.33. The Morgan fingerprint density at radius 3 is 2.47 bits per heavy atom. The molecule has 92 valence electrons. The summed E-state index contributed by atoms with van der Waals surface area (Å²) in [6, 6.07) is 8.01. The minimum Gasteiger partial charge on any atom is -0.543 e. The fourth-order valence-electron chi connectivity index (χ4n) is 1.45. The van der Waals surface area contributed by atoms with Gasteiger partial charge in [0.15, 0.2) is 0 Å². The van der Waals surface area contributed by atoms with Crippen LogP contribution >= 0.6 is 0 Å². The molecular weight excluding hydrogens is 228 g/mol. The summed E-state index contributed by atoms with van der Waals surface area (Å²) in [5.41, 5.74) is 0.890. The lowest BCUT2D eigenvalue weighted by atomic mass is 10.2. The molecule has 2 nitrogen and oxygen atoms in total. The van der Waals surface area contributed by atoms with Crippen LogP contribution in [0.4, 0.5) is 0 Å². The maximum absolute atomic E-state index is 6.22. The van der Waals surface area contributed by atoms with Crippen LogP contribution in [-0.2, 0) is 0 Å². The average Bonchev–Trinajstić information content (AvgIpc) is 2.62. The van der Waals surface area contributed by atoms with Crippen LogP contribution in [0, 0.1) is 0 Å². The maximum Gasteiger partial charge on any atom is 0.250 e. The van der Waals surface area contributed by atoms with Gasteiger partial charge in [0, 0.05) is 11.5 Å². The van der Waals surface area contributed by atoms with E-state index in [2.05, 4.69) is 33.9 Å². The molecule has 2 rings (SSSR count). The molecule has 0 spiro atoms. The molecule has 1 aromatic carbocycles. The third kappa shape index (κ3) is 2.39. The van der Waals surface area contributed by atoms with E-state index in [1.54, 1.807) is 6.26 Å². The van der Waals surface area contributed by atoms with Crippen molar-refractivity contribution in [2.45, 2.75) is 38.9 Å². The zero-order chi connectivity index (χ0) is 12.7. The van der Waals surface area contributed by atoms with Crippen molar-refractivity contribution in [3.63, 3.8) is 0 Å². The second-order valence-electron chi connectivity index (χ2n) is 5.98. The van der Waals surface area contributed by atoms with Crippen molar-refractivity contribution < 1.29 is 8.84 Å². The molecule has 2 aromatic rings. The van der Waals surface area contributed by atoms with Crippen molar-refractivity contribution in [1.82, 2.24) is 0 Å². The largest absolute Gasteiger partial charge is 0.543 e. The average molecular weight is 248 g/mol. The Morgan fingerprint density at radius 1 is 1.12 bits per heavy atom. The van der Waals surface area contributed by atoms with E-state index in [0.717, 1.165) is 16.7 Å². The maximum atomic E-state index is 6.22. The number of furan rings is 1. The summed E-state index contributed by atoms with van der Waals surface area (Å²) in [5.74, 6) is 0.916. The predicted molar refractivity (Wildman–Crippen MR) is 74.0 cm³/mol. The Bertz CT molecular complexity index is 520. The van der Waals surface area contributed by atoms with E-state index < -0.39 is 8.32 Å². The van der Waals surface area contributed by atoms with Crippen LogP contribution in [0.3, 0.4) is 0 Å². The molecule has 0 N–H and O–H groups in total. The molecule has 1 heterocycles. The SMILES string of the molecule is CC(C)(C)[Si](C)(C)Oc1ccc2ccoc2c1. The van der Waals surface area contributed by atoms with E-state index in [9.17, 15) is 0 Å². The van der Waals surface area contributed by atoms with Gasteiger partial charge >= 0.3 is 0 Å². The smallest absolute Gasteiger partial charge is 0.250 e. The molecule has 0 saturated carbocycles. The van der Waals surface area contributed by atoms with E-state index in [0.29, 0.717) is 0 Å². The van der Waals surface area contributed by atoms with Crippen molar-refractivity contribution in [2.75, 3.05) is 0 Å². The molecule has 1 aromatic heterocycles. The van der Waals surface area contributed by atoms with Gasteiger partial charge in [0.05, 0.1) is 6.26 Å². The highest BCUT2D eigenvalue weighted by Crippen LogP contribution is 2.37. The molecule has 0 amide bonds. The minimum absolute atomic E-state index is 0.213. The van der Waals surface area contributed by atoms with Gasteiger partial charge in [0.1, 0.15) is 11.3 Å². The molecule has 0 fully saturated rings. The van der Waals surface area contributed by atoms with Gasteiger partial charge in [-0.1, -0.05) is 20.8 Å². The van der Waals surface area contributed by atoms with Crippen molar-refractivity contribution in [3.8, 4) is 5.75 Å². The number of rotatable bonds is 2. The second kappa shape index (κ2) is 3.91. The number of hydrogen-bond acceptors (Lipinski definition) is 2. The fourth-order valence-corrected chi connectivity index (χ4v) is 2.47. The standard InChI is InChI=1S/C14H20O2Si/c1-14(2,3)17(4,5)16-12-7-6-11-8-9-15-13(11)10-12/h6-10H,1-5H3. The van der Waals surface area contributed by atoms with Crippen LogP contribution in [0.1, 0.15) is 20.8 Å². The van der Waals surface area contributed by atoms with E-state index in [4.69, 9.17) is 8.84 Å². The number of benzene rings is 1. The summed E-state index contributed by atoms with van der Waals surface area (Å²) in [7, 11) is -1.75. The van der Waals surface area contributed by atoms with Crippen molar-refractivity contribution in [1.29, 1.82) is 0 Å².